The van der Waals surface area contributed by atoms with Gasteiger partial charge in [0, 0.05) is 10.9 Å². The molecule has 0 unspecified atom stereocenters. The van der Waals surface area contributed by atoms with Gasteiger partial charge in [-0.1, -0.05) is 0 Å². The number of primary amides is 1. The summed E-state index contributed by atoms with van der Waals surface area (Å²) in [6, 6.07) is 0.711. The molecule has 0 spiro atoms. The first-order chi connectivity index (χ1) is 14.6. The molecule has 30 heavy (non-hydrogen) atoms. The lowest BCUT2D eigenvalue weighted by Crippen LogP contribution is -2.38. The quantitative estimate of drug-likeness (QED) is 0.731. The zero-order chi connectivity index (χ0) is 20.7. The third-order valence-corrected chi connectivity index (χ3v) is 8.28. The van der Waals surface area contributed by atoms with Crippen LogP contribution in [0.1, 0.15) is 67.7 Å². The molecule has 8 heteroatoms. The number of likely N-dealkylation sites (tertiary alicyclic amines) is 1. The summed E-state index contributed by atoms with van der Waals surface area (Å²) in [5.74, 6) is 0.101. The number of ether oxygens (including phenoxy) is 1. The number of fused-ring (bicyclic) bond motifs is 3. The van der Waals surface area contributed by atoms with Gasteiger partial charge in [0.1, 0.15) is 23.4 Å². The number of aliphatic hydroxyl groups is 1. The van der Waals surface area contributed by atoms with Crippen LogP contribution in [0.2, 0.25) is 0 Å². The number of nitrogens with zero attached hydrogens (tertiary/aromatic N) is 3. The fraction of sp³-hybridized carbons (Fsp3) is 0.682. The highest BCUT2D eigenvalue weighted by Gasteiger charge is 2.34. The fourth-order valence-corrected chi connectivity index (χ4v) is 6.78. The fourth-order valence-electron chi connectivity index (χ4n) is 5.54. The molecule has 1 aliphatic heterocycles. The van der Waals surface area contributed by atoms with E-state index in [9.17, 15) is 9.90 Å². The second-order valence-electron chi connectivity index (χ2n) is 8.98. The summed E-state index contributed by atoms with van der Waals surface area (Å²) in [4.78, 5) is 25.2. The third-order valence-electron chi connectivity index (χ3n) is 7.11. The number of thiophene rings is 1. The smallest absolute Gasteiger partial charge is 0.246 e. The Morgan fingerprint density at radius 2 is 2.00 bits per heavy atom. The Morgan fingerprint density at radius 3 is 2.73 bits per heavy atom. The molecule has 2 fully saturated rings. The Labute approximate surface area is 180 Å². The van der Waals surface area contributed by atoms with Crippen molar-refractivity contribution in [2.75, 3.05) is 13.1 Å². The van der Waals surface area contributed by atoms with Crippen LogP contribution in [0.15, 0.2) is 6.33 Å². The summed E-state index contributed by atoms with van der Waals surface area (Å²) >= 11 is 1.68. The van der Waals surface area contributed by atoms with Crippen LogP contribution in [-0.2, 0) is 11.2 Å². The summed E-state index contributed by atoms with van der Waals surface area (Å²) in [5, 5.41) is 11.0. The van der Waals surface area contributed by atoms with Gasteiger partial charge >= 0.3 is 0 Å². The Hall–Kier alpha value is -1.77. The standard InChI is InChI=1S/C22H30N4O3S/c23-20(28)16(27)11-13-3-8-17-18(13)19-21(24-12-25-22(19)30-17)29-15-6-4-14(5-7-15)26-9-1-2-10-26/h12-16,27H,1-11H2,(H2,23,28)/t13-,14-,15-,16-/m1/s1. The molecular formula is C22H30N4O3S. The van der Waals surface area contributed by atoms with Crippen molar-refractivity contribution in [3.8, 4) is 5.88 Å². The molecule has 162 valence electrons. The van der Waals surface area contributed by atoms with Gasteiger partial charge in [0.05, 0.1) is 5.39 Å². The molecule has 0 aromatic carbocycles. The normalized spacial score (nSPS) is 28.0. The number of carbonyl (C=O) groups excluding carboxylic acids is 1. The van der Waals surface area contributed by atoms with Gasteiger partial charge in [-0.2, -0.15) is 0 Å². The third kappa shape index (κ3) is 3.81. The van der Waals surface area contributed by atoms with E-state index in [0.717, 1.165) is 41.5 Å². The number of hydrogen-bond donors (Lipinski definition) is 2. The van der Waals surface area contributed by atoms with Crippen molar-refractivity contribution in [2.24, 2.45) is 5.73 Å². The maximum atomic E-state index is 11.4. The Bertz CT molecular complexity index is 918. The molecule has 2 aromatic rings. The van der Waals surface area contributed by atoms with Gasteiger partial charge in [-0.05, 0) is 82.4 Å². The van der Waals surface area contributed by atoms with Crippen molar-refractivity contribution in [2.45, 2.75) is 82.0 Å². The van der Waals surface area contributed by atoms with E-state index in [0.29, 0.717) is 18.3 Å². The van der Waals surface area contributed by atoms with Crippen LogP contribution >= 0.6 is 11.3 Å². The van der Waals surface area contributed by atoms with Gasteiger partial charge in [-0.25, -0.2) is 9.97 Å². The summed E-state index contributed by atoms with van der Waals surface area (Å²) in [5.41, 5.74) is 6.46. The van der Waals surface area contributed by atoms with Crippen LogP contribution in [0.4, 0.5) is 0 Å². The number of hydrogen-bond acceptors (Lipinski definition) is 7. The maximum Gasteiger partial charge on any atom is 0.246 e. The highest BCUT2D eigenvalue weighted by atomic mass is 32.1. The topological polar surface area (TPSA) is 102 Å². The maximum absolute atomic E-state index is 11.4. The van der Waals surface area contributed by atoms with Crippen LogP contribution in [0.25, 0.3) is 10.2 Å². The van der Waals surface area contributed by atoms with Gasteiger partial charge in [0.25, 0.3) is 0 Å². The van der Waals surface area contributed by atoms with Gasteiger partial charge in [0.2, 0.25) is 11.8 Å². The molecule has 3 aliphatic rings. The first kappa shape index (κ1) is 20.2. The first-order valence-electron chi connectivity index (χ1n) is 11.2. The highest BCUT2D eigenvalue weighted by Crippen LogP contribution is 2.47. The average Bonchev–Trinajstić information content (AvgIpc) is 3.46. The van der Waals surface area contributed by atoms with Crippen molar-refractivity contribution in [3.63, 3.8) is 0 Å². The minimum Gasteiger partial charge on any atom is -0.474 e. The second kappa shape index (κ2) is 8.40. The molecule has 2 atom stereocenters. The van der Waals surface area contributed by atoms with E-state index < -0.39 is 12.0 Å². The molecule has 0 radical (unpaired) electrons. The Balaban J connectivity index is 1.34. The number of rotatable bonds is 6. The van der Waals surface area contributed by atoms with E-state index >= 15 is 0 Å². The van der Waals surface area contributed by atoms with E-state index in [2.05, 4.69) is 14.9 Å². The SMILES string of the molecule is NC(=O)[C@H](O)C[C@H]1CCc2sc3ncnc(O[C@H]4CC[C@H](N5CCCC5)CC4)c3c21. The zero-order valence-electron chi connectivity index (χ0n) is 17.3. The molecule has 1 amide bonds. The van der Waals surface area contributed by atoms with Gasteiger partial charge < -0.3 is 20.5 Å². The summed E-state index contributed by atoms with van der Waals surface area (Å²) in [6.45, 7) is 2.50. The van der Waals surface area contributed by atoms with Crippen LogP contribution in [0, 0.1) is 0 Å². The van der Waals surface area contributed by atoms with Crippen LogP contribution in [-0.4, -0.2) is 57.2 Å². The molecule has 1 saturated carbocycles. The molecular weight excluding hydrogens is 400 g/mol. The van der Waals surface area contributed by atoms with E-state index in [4.69, 9.17) is 10.5 Å². The van der Waals surface area contributed by atoms with Gasteiger partial charge in [0.15, 0.2) is 0 Å². The summed E-state index contributed by atoms with van der Waals surface area (Å²) < 4.78 is 6.45. The van der Waals surface area contributed by atoms with Crippen molar-refractivity contribution >= 4 is 27.5 Å². The van der Waals surface area contributed by atoms with Crippen molar-refractivity contribution < 1.29 is 14.6 Å². The predicted molar refractivity (Wildman–Crippen MR) is 116 cm³/mol. The zero-order valence-corrected chi connectivity index (χ0v) is 18.1. The molecule has 0 bridgehead atoms. The lowest BCUT2D eigenvalue weighted by atomic mass is 9.92. The Morgan fingerprint density at radius 1 is 1.23 bits per heavy atom. The summed E-state index contributed by atoms with van der Waals surface area (Å²) in [6.07, 6.45) is 10.0. The minimum absolute atomic E-state index is 0.0931. The number of aliphatic hydroxyl groups excluding tert-OH is 1. The van der Waals surface area contributed by atoms with E-state index in [1.54, 1.807) is 17.7 Å². The second-order valence-corrected chi connectivity index (χ2v) is 10.1. The van der Waals surface area contributed by atoms with Gasteiger partial charge in [-0.3, -0.25) is 4.79 Å². The van der Waals surface area contributed by atoms with Crippen LogP contribution in [0.5, 0.6) is 5.88 Å². The molecule has 2 aromatic heterocycles. The molecule has 5 rings (SSSR count). The Kier molecular flexibility index (Phi) is 5.64. The minimum atomic E-state index is -1.12. The number of amides is 1. The lowest BCUT2D eigenvalue weighted by molar-refractivity contribution is -0.126. The largest absolute Gasteiger partial charge is 0.474 e. The lowest BCUT2D eigenvalue weighted by Gasteiger charge is -2.34. The first-order valence-corrected chi connectivity index (χ1v) is 12.1. The highest BCUT2D eigenvalue weighted by molar-refractivity contribution is 7.19. The molecule has 3 heterocycles. The van der Waals surface area contributed by atoms with Gasteiger partial charge in [-0.15, -0.1) is 11.3 Å². The number of carbonyl (C=O) groups is 1. The number of nitrogens with two attached hydrogens (primary N) is 1. The van der Waals surface area contributed by atoms with Crippen LogP contribution in [0.3, 0.4) is 0 Å². The van der Waals surface area contributed by atoms with E-state index in [1.165, 1.54) is 43.6 Å². The van der Waals surface area contributed by atoms with Crippen molar-refractivity contribution in [3.05, 3.63) is 16.8 Å². The van der Waals surface area contributed by atoms with Crippen molar-refractivity contribution in [1.82, 2.24) is 14.9 Å². The molecule has 7 nitrogen and oxygen atoms in total. The predicted octanol–water partition coefficient (Wildman–Crippen LogP) is 2.74. The van der Waals surface area contributed by atoms with E-state index in [1.807, 2.05) is 0 Å². The van der Waals surface area contributed by atoms with Crippen LogP contribution < -0.4 is 10.5 Å². The number of aromatic nitrogens is 2. The molecule has 2 aliphatic carbocycles. The van der Waals surface area contributed by atoms with Crippen molar-refractivity contribution in [1.29, 1.82) is 0 Å². The molecule has 1 saturated heterocycles. The molecule has 3 N–H and O–H groups in total. The van der Waals surface area contributed by atoms with E-state index in [-0.39, 0.29) is 12.0 Å². The number of aryl methyl sites for hydroxylation is 1. The average molecular weight is 431 g/mol. The monoisotopic (exact) mass is 430 g/mol. The summed E-state index contributed by atoms with van der Waals surface area (Å²) in [7, 11) is 0.